The molecular weight excluding hydrogens is 228 g/mol. The molecule has 0 amide bonds. The molecule has 0 fully saturated rings. The third-order valence-electron chi connectivity index (χ3n) is 3.13. The first-order chi connectivity index (χ1) is 8.49. The Bertz CT molecular complexity index is 430. The highest BCUT2D eigenvalue weighted by molar-refractivity contribution is 5.81. The summed E-state index contributed by atoms with van der Waals surface area (Å²) in [6.45, 7) is 5.86. The quantitative estimate of drug-likeness (QED) is 0.838. The maximum Gasteiger partial charge on any atom is 0.140 e. The molecule has 1 heterocycles. The third kappa shape index (κ3) is 3.53. The first-order valence-electron chi connectivity index (χ1n) is 6.25. The number of nitrogens with zero attached hydrogens (tertiary/aromatic N) is 1. The molecule has 1 aromatic rings. The molecule has 0 aromatic carbocycles. The molecule has 1 rings (SSSR count). The fourth-order valence-corrected chi connectivity index (χ4v) is 1.95. The van der Waals surface area contributed by atoms with Crippen LogP contribution in [0.3, 0.4) is 0 Å². The van der Waals surface area contributed by atoms with Crippen LogP contribution in [0, 0.1) is 13.8 Å². The minimum atomic E-state index is -0.0508. The number of aryl methyl sites for hydroxylation is 1. The molecule has 4 heteroatoms. The van der Waals surface area contributed by atoms with E-state index in [1.165, 1.54) is 0 Å². The SMILES string of the molecule is CCC(N)CC(=O)Cc1ncc(C)c(OC)c1C. The maximum atomic E-state index is 11.9. The highest BCUT2D eigenvalue weighted by atomic mass is 16.5. The smallest absolute Gasteiger partial charge is 0.140 e. The van der Waals surface area contributed by atoms with Crippen molar-refractivity contribution in [3.05, 3.63) is 23.0 Å². The van der Waals surface area contributed by atoms with Crippen LogP contribution in [0.5, 0.6) is 5.75 Å². The first kappa shape index (κ1) is 14.6. The Morgan fingerprint density at radius 2 is 2.17 bits per heavy atom. The molecule has 2 N–H and O–H groups in total. The fourth-order valence-electron chi connectivity index (χ4n) is 1.95. The van der Waals surface area contributed by atoms with Gasteiger partial charge in [-0.25, -0.2) is 0 Å². The summed E-state index contributed by atoms with van der Waals surface area (Å²) in [4.78, 5) is 16.2. The average molecular weight is 250 g/mol. The van der Waals surface area contributed by atoms with Gasteiger partial charge in [0.1, 0.15) is 11.5 Å². The van der Waals surface area contributed by atoms with Gasteiger partial charge in [-0.3, -0.25) is 9.78 Å². The number of rotatable bonds is 6. The van der Waals surface area contributed by atoms with E-state index in [2.05, 4.69) is 4.98 Å². The summed E-state index contributed by atoms with van der Waals surface area (Å²) in [6.07, 6.45) is 3.30. The standard InChI is InChI=1S/C14H22N2O2/c1-5-11(15)6-12(17)7-13-10(3)14(18-4)9(2)8-16-13/h8,11H,5-7,15H2,1-4H3. The van der Waals surface area contributed by atoms with Crippen LogP contribution < -0.4 is 10.5 Å². The zero-order valence-corrected chi connectivity index (χ0v) is 11.6. The van der Waals surface area contributed by atoms with Crippen molar-refractivity contribution in [1.82, 2.24) is 4.98 Å². The number of carbonyl (C=O) groups excluding carboxylic acids is 1. The van der Waals surface area contributed by atoms with Crippen LogP contribution in [-0.4, -0.2) is 23.9 Å². The topological polar surface area (TPSA) is 65.2 Å². The van der Waals surface area contributed by atoms with E-state index in [1.807, 2.05) is 20.8 Å². The van der Waals surface area contributed by atoms with Crippen molar-refractivity contribution in [3.8, 4) is 5.75 Å². The molecule has 18 heavy (non-hydrogen) atoms. The molecule has 0 saturated carbocycles. The minimum absolute atomic E-state index is 0.0508. The summed E-state index contributed by atoms with van der Waals surface area (Å²) < 4.78 is 5.32. The minimum Gasteiger partial charge on any atom is -0.496 e. The van der Waals surface area contributed by atoms with Crippen molar-refractivity contribution in [3.63, 3.8) is 0 Å². The molecule has 0 saturated heterocycles. The lowest BCUT2D eigenvalue weighted by molar-refractivity contribution is -0.118. The van der Waals surface area contributed by atoms with Crippen molar-refractivity contribution in [2.75, 3.05) is 7.11 Å². The Hall–Kier alpha value is -1.42. The Morgan fingerprint density at radius 1 is 1.50 bits per heavy atom. The Labute approximate surface area is 109 Å². The zero-order chi connectivity index (χ0) is 13.7. The summed E-state index contributed by atoms with van der Waals surface area (Å²) in [5.41, 5.74) is 8.49. The van der Waals surface area contributed by atoms with Crippen LogP contribution in [0.25, 0.3) is 0 Å². The van der Waals surface area contributed by atoms with Gasteiger partial charge in [0, 0.05) is 36.2 Å². The van der Waals surface area contributed by atoms with Gasteiger partial charge in [0.05, 0.1) is 12.8 Å². The number of ether oxygens (including phenoxy) is 1. The van der Waals surface area contributed by atoms with Gasteiger partial charge < -0.3 is 10.5 Å². The van der Waals surface area contributed by atoms with E-state index in [1.54, 1.807) is 13.3 Å². The van der Waals surface area contributed by atoms with Crippen LogP contribution in [0.15, 0.2) is 6.20 Å². The molecule has 0 radical (unpaired) electrons. The van der Waals surface area contributed by atoms with E-state index in [0.717, 1.165) is 29.0 Å². The van der Waals surface area contributed by atoms with E-state index in [0.29, 0.717) is 12.8 Å². The van der Waals surface area contributed by atoms with Gasteiger partial charge in [-0.2, -0.15) is 0 Å². The molecule has 0 bridgehead atoms. The fraction of sp³-hybridized carbons (Fsp3) is 0.571. The summed E-state index contributed by atoms with van der Waals surface area (Å²) in [6, 6.07) is -0.0508. The van der Waals surface area contributed by atoms with E-state index in [-0.39, 0.29) is 11.8 Å². The third-order valence-corrected chi connectivity index (χ3v) is 3.13. The normalized spacial score (nSPS) is 12.3. The second kappa shape index (κ2) is 6.50. The predicted molar refractivity (Wildman–Crippen MR) is 71.9 cm³/mol. The van der Waals surface area contributed by atoms with Gasteiger partial charge >= 0.3 is 0 Å². The highest BCUT2D eigenvalue weighted by Gasteiger charge is 2.14. The van der Waals surface area contributed by atoms with Gasteiger partial charge in [0.15, 0.2) is 0 Å². The van der Waals surface area contributed by atoms with E-state index < -0.39 is 0 Å². The number of hydrogen-bond donors (Lipinski definition) is 1. The predicted octanol–water partition coefficient (Wildman–Crippen LogP) is 1.95. The number of pyridine rings is 1. The zero-order valence-electron chi connectivity index (χ0n) is 11.6. The summed E-state index contributed by atoms with van der Waals surface area (Å²) in [5, 5.41) is 0. The number of nitrogens with two attached hydrogens (primary N) is 1. The van der Waals surface area contributed by atoms with Crippen LogP contribution in [0.1, 0.15) is 36.6 Å². The molecule has 1 atom stereocenters. The monoisotopic (exact) mass is 250 g/mol. The molecule has 0 aliphatic carbocycles. The van der Waals surface area contributed by atoms with Gasteiger partial charge in [-0.05, 0) is 20.3 Å². The largest absolute Gasteiger partial charge is 0.496 e. The van der Waals surface area contributed by atoms with Crippen molar-refractivity contribution >= 4 is 5.78 Å². The van der Waals surface area contributed by atoms with Crippen molar-refractivity contribution in [1.29, 1.82) is 0 Å². The number of methoxy groups -OCH3 is 1. The first-order valence-corrected chi connectivity index (χ1v) is 6.25. The van der Waals surface area contributed by atoms with Gasteiger partial charge in [-0.15, -0.1) is 0 Å². The molecule has 100 valence electrons. The molecule has 1 unspecified atom stereocenters. The van der Waals surface area contributed by atoms with E-state index >= 15 is 0 Å². The summed E-state index contributed by atoms with van der Waals surface area (Å²) in [7, 11) is 1.63. The molecular formula is C14H22N2O2. The molecule has 0 aliphatic rings. The Balaban J connectivity index is 2.82. The second-order valence-electron chi connectivity index (χ2n) is 4.63. The van der Waals surface area contributed by atoms with Crippen LogP contribution >= 0.6 is 0 Å². The second-order valence-corrected chi connectivity index (χ2v) is 4.63. The molecule has 0 aliphatic heterocycles. The number of aromatic nitrogens is 1. The van der Waals surface area contributed by atoms with Crippen LogP contribution in [0.4, 0.5) is 0 Å². The van der Waals surface area contributed by atoms with Gasteiger partial charge in [0.2, 0.25) is 0 Å². The summed E-state index contributed by atoms with van der Waals surface area (Å²) >= 11 is 0. The lowest BCUT2D eigenvalue weighted by atomic mass is 10.0. The average Bonchev–Trinajstić information content (AvgIpc) is 2.33. The Kier molecular flexibility index (Phi) is 5.28. The van der Waals surface area contributed by atoms with E-state index in [9.17, 15) is 4.79 Å². The molecule has 0 spiro atoms. The number of ketones is 1. The lowest BCUT2D eigenvalue weighted by Gasteiger charge is -2.12. The van der Waals surface area contributed by atoms with Crippen LogP contribution in [-0.2, 0) is 11.2 Å². The maximum absolute atomic E-state index is 11.9. The summed E-state index contributed by atoms with van der Waals surface area (Å²) in [5.74, 6) is 0.943. The molecule has 4 nitrogen and oxygen atoms in total. The number of carbonyl (C=O) groups is 1. The van der Waals surface area contributed by atoms with Crippen molar-refractivity contribution in [2.45, 2.75) is 46.1 Å². The van der Waals surface area contributed by atoms with Gasteiger partial charge in [-0.1, -0.05) is 6.92 Å². The highest BCUT2D eigenvalue weighted by Crippen LogP contribution is 2.24. The number of Topliss-reactive ketones (excluding diaryl/α,β-unsaturated/α-hetero) is 1. The van der Waals surface area contributed by atoms with E-state index in [4.69, 9.17) is 10.5 Å². The Morgan fingerprint density at radius 3 is 2.72 bits per heavy atom. The number of hydrogen-bond acceptors (Lipinski definition) is 4. The lowest BCUT2D eigenvalue weighted by Crippen LogP contribution is -2.23. The van der Waals surface area contributed by atoms with Crippen LogP contribution in [0.2, 0.25) is 0 Å². The van der Waals surface area contributed by atoms with Gasteiger partial charge in [0.25, 0.3) is 0 Å². The van der Waals surface area contributed by atoms with Crippen molar-refractivity contribution < 1.29 is 9.53 Å². The van der Waals surface area contributed by atoms with Crippen molar-refractivity contribution in [2.24, 2.45) is 5.73 Å². The molecule has 1 aromatic heterocycles.